The summed E-state index contributed by atoms with van der Waals surface area (Å²) in [5.74, 6) is 1.14. The van der Waals surface area contributed by atoms with E-state index in [1.54, 1.807) is 0 Å². The SMILES string of the molecule is O=C(c1cccc(C(F)(F)F)c1)C1CC2CC2C1. The molecule has 1 aromatic carbocycles. The molecular weight excluding hydrogens is 241 g/mol. The van der Waals surface area contributed by atoms with Crippen LogP contribution >= 0.6 is 0 Å². The Labute approximate surface area is 103 Å². The van der Waals surface area contributed by atoms with Crippen molar-refractivity contribution in [3.8, 4) is 0 Å². The van der Waals surface area contributed by atoms with Gasteiger partial charge in [-0.05, 0) is 43.2 Å². The zero-order chi connectivity index (χ0) is 12.9. The van der Waals surface area contributed by atoms with Crippen LogP contribution < -0.4 is 0 Å². The lowest BCUT2D eigenvalue weighted by Crippen LogP contribution is -2.14. The molecule has 0 heterocycles. The van der Waals surface area contributed by atoms with Gasteiger partial charge in [0.25, 0.3) is 0 Å². The number of halogens is 3. The van der Waals surface area contributed by atoms with Crippen LogP contribution in [0.4, 0.5) is 13.2 Å². The van der Waals surface area contributed by atoms with Crippen molar-refractivity contribution in [2.24, 2.45) is 17.8 Å². The van der Waals surface area contributed by atoms with Crippen LogP contribution in [0.25, 0.3) is 0 Å². The summed E-state index contributed by atoms with van der Waals surface area (Å²) in [6.45, 7) is 0. The van der Waals surface area contributed by atoms with E-state index in [4.69, 9.17) is 0 Å². The first-order valence-electron chi connectivity index (χ1n) is 6.16. The Morgan fingerprint density at radius 2 is 1.78 bits per heavy atom. The zero-order valence-corrected chi connectivity index (χ0v) is 9.70. The normalized spacial score (nSPS) is 30.1. The molecule has 0 amide bonds. The lowest BCUT2D eigenvalue weighted by Gasteiger charge is -2.12. The molecule has 2 unspecified atom stereocenters. The average Bonchev–Trinajstić information content (AvgIpc) is 2.94. The predicted octanol–water partition coefficient (Wildman–Crippen LogP) is 3.93. The number of carbonyl (C=O) groups excluding carboxylic acids is 1. The first-order chi connectivity index (χ1) is 8.45. The number of alkyl halides is 3. The molecule has 2 fully saturated rings. The van der Waals surface area contributed by atoms with E-state index in [1.165, 1.54) is 18.6 Å². The van der Waals surface area contributed by atoms with Gasteiger partial charge in [-0.1, -0.05) is 12.1 Å². The molecule has 0 aromatic heterocycles. The Balaban J connectivity index is 1.81. The third-order valence-electron chi connectivity index (χ3n) is 4.09. The standard InChI is InChI=1S/C14H13F3O/c15-14(16,17)12-3-1-2-8(7-12)13(18)11-5-9-4-10(9)6-11/h1-3,7,9-11H,4-6H2. The molecule has 0 bridgehead atoms. The largest absolute Gasteiger partial charge is 0.416 e. The molecule has 2 atom stereocenters. The lowest BCUT2D eigenvalue weighted by molar-refractivity contribution is -0.137. The fourth-order valence-electron chi connectivity index (χ4n) is 3.01. The Morgan fingerprint density at radius 3 is 2.39 bits per heavy atom. The van der Waals surface area contributed by atoms with Crippen LogP contribution in [0, 0.1) is 17.8 Å². The average molecular weight is 254 g/mol. The van der Waals surface area contributed by atoms with Crippen molar-refractivity contribution in [2.75, 3.05) is 0 Å². The number of fused-ring (bicyclic) bond motifs is 1. The molecule has 2 saturated carbocycles. The van der Waals surface area contributed by atoms with Gasteiger partial charge < -0.3 is 0 Å². The maximum Gasteiger partial charge on any atom is 0.416 e. The van der Waals surface area contributed by atoms with Gasteiger partial charge in [0.1, 0.15) is 0 Å². The van der Waals surface area contributed by atoms with E-state index in [-0.39, 0.29) is 17.3 Å². The number of benzene rings is 1. The van der Waals surface area contributed by atoms with Crippen LogP contribution in [0.3, 0.4) is 0 Å². The minimum atomic E-state index is -4.38. The third kappa shape index (κ3) is 2.04. The Hall–Kier alpha value is -1.32. The Kier molecular flexibility index (Phi) is 2.50. The minimum absolute atomic E-state index is 0.0581. The van der Waals surface area contributed by atoms with E-state index in [0.29, 0.717) is 11.8 Å². The summed E-state index contributed by atoms with van der Waals surface area (Å²) < 4.78 is 37.7. The van der Waals surface area contributed by atoms with Crippen molar-refractivity contribution in [3.63, 3.8) is 0 Å². The second-order valence-electron chi connectivity index (χ2n) is 5.37. The lowest BCUT2D eigenvalue weighted by atomic mass is 9.92. The van der Waals surface area contributed by atoms with E-state index in [0.717, 1.165) is 25.0 Å². The van der Waals surface area contributed by atoms with Gasteiger partial charge >= 0.3 is 6.18 Å². The maximum atomic E-state index is 12.6. The topological polar surface area (TPSA) is 17.1 Å². The highest BCUT2D eigenvalue weighted by atomic mass is 19.4. The summed E-state index contributed by atoms with van der Waals surface area (Å²) in [5.41, 5.74) is -0.535. The second kappa shape index (κ2) is 3.84. The molecule has 1 aromatic rings. The first kappa shape index (κ1) is 11.8. The highest BCUT2D eigenvalue weighted by Crippen LogP contribution is 2.55. The van der Waals surface area contributed by atoms with E-state index in [2.05, 4.69) is 0 Å². The van der Waals surface area contributed by atoms with Gasteiger partial charge in [0.05, 0.1) is 5.56 Å². The highest BCUT2D eigenvalue weighted by molar-refractivity contribution is 5.98. The van der Waals surface area contributed by atoms with E-state index < -0.39 is 11.7 Å². The summed E-state index contributed by atoms with van der Waals surface area (Å²) in [6, 6.07) is 4.78. The molecule has 4 heteroatoms. The molecule has 0 saturated heterocycles. The molecule has 18 heavy (non-hydrogen) atoms. The van der Waals surface area contributed by atoms with Crippen LogP contribution in [0.5, 0.6) is 0 Å². The second-order valence-corrected chi connectivity index (χ2v) is 5.37. The number of hydrogen-bond donors (Lipinski definition) is 0. The minimum Gasteiger partial charge on any atom is -0.294 e. The summed E-state index contributed by atoms with van der Waals surface area (Å²) in [7, 11) is 0. The van der Waals surface area contributed by atoms with Gasteiger partial charge in [0, 0.05) is 11.5 Å². The van der Waals surface area contributed by atoms with Crippen molar-refractivity contribution in [3.05, 3.63) is 35.4 Å². The molecule has 0 radical (unpaired) electrons. The van der Waals surface area contributed by atoms with E-state index >= 15 is 0 Å². The van der Waals surface area contributed by atoms with Gasteiger partial charge in [-0.15, -0.1) is 0 Å². The number of ketones is 1. The summed E-state index contributed by atoms with van der Waals surface area (Å²) in [4.78, 5) is 12.1. The summed E-state index contributed by atoms with van der Waals surface area (Å²) in [6.07, 6.45) is -1.46. The molecule has 3 rings (SSSR count). The van der Waals surface area contributed by atoms with Crippen LogP contribution in [0.1, 0.15) is 35.2 Å². The van der Waals surface area contributed by atoms with Crippen molar-refractivity contribution in [2.45, 2.75) is 25.4 Å². The summed E-state index contributed by atoms with van der Waals surface area (Å²) >= 11 is 0. The number of rotatable bonds is 2. The monoisotopic (exact) mass is 254 g/mol. The fraction of sp³-hybridized carbons (Fsp3) is 0.500. The maximum absolute atomic E-state index is 12.6. The van der Waals surface area contributed by atoms with Crippen molar-refractivity contribution < 1.29 is 18.0 Å². The quantitative estimate of drug-likeness (QED) is 0.731. The van der Waals surface area contributed by atoms with Gasteiger partial charge in [-0.2, -0.15) is 13.2 Å². The van der Waals surface area contributed by atoms with Gasteiger partial charge in [-0.25, -0.2) is 0 Å². The van der Waals surface area contributed by atoms with E-state index in [9.17, 15) is 18.0 Å². The fourth-order valence-corrected chi connectivity index (χ4v) is 3.01. The number of carbonyl (C=O) groups is 1. The number of Topliss-reactive ketones (excluding diaryl/α,β-unsaturated/α-hetero) is 1. The zero-order valence-electron chi connectivity index (χ0n) is 9.70. The molecule has 1 nitrogen and oxygen atoms in total. The third-order valence-corrected chi connectivity index (χ3v) is 4.09. The molecular formula is C14H13F3O. The van der Waals surface area contributed by atoms with Crippen LogP contribution in [0.2, 0.25) is 0 Å². The Morgan fingerprint density at radius 1 is 1.11 bits per heavy atom. The molecule has 2 aliphatic rings. The van der Waals surface area contributed by atoms with Gasteiger partial charge in [0.15, 0.2) is 5.78 Å². The van der Waals surface area contributed by atoms with Crippen molar-refractivity contribution in [1.82, 2.24) is 0 Å². The Bertz CT molecular complexity index is 482. The molecule has 0 aliphatic heterocycles. The molecule has 0 N–H and O–H groups in total. The first-order valence-corrected chi connectivity index (χ1v) is 6.16. The predicted molar refractivity (Wildman–Crippen MR) is 60.1 cm³/mol. The van der Waals surface area contributed by atoms with Gasteiger partial charge in [0.2, 0.25) is 0 Å². The van der Waals surface area contributed by atoms with Gasteiger partial charge in [-0.3, -0.25) is 4.79 Å². The molecule has 96 valence electrons. The van der Waals surface area contributed by atoms with E-state index in [1.807, 2.05) is 0 Å². The number of hydrogen-bond acceptors (Lipinski definition) is 1. The highest BCUT2D eigenvalue weighted by Gasteiger charge is 2.48. The van der Waals surface area contributed by atoms with Crippen molar-refractivity contribution >= 4 is 5.78 Å². The molecule has 0 spiro atoms. The molecule has 2 aliphatic carbocycles. The van der Waals surface area contributed by atoms with Crippen molar-refractivity contribution in [1.29, 1.82) is 0 Å². The van der Waals surface area contributed by atoms with Crippen LogP contribution in [-0.2, 0) is 6.18 Å². The summed E-state index contributed by atoms with van der Waals surface area (Å²) in [5, 5.41) is 0. The van der Waals surface area contributed by atoms with Crippen LogP contribution in [-0.4, -0.2) is 5.78 Å². The smallest absolute Gasteiger partial charge is 0.294 e. The van der Waals surface area contributed by atoms with Crippen LogP contribution in [0.15, 0.2) is 24.3 Å².